The number of nitrogens with zero attached hydrogens (tertiary/aromatic N) is 3. The summed E-state index contributed by atoms with van der Waals surface area (Å²) in [6.45, 7) is 7.71. The summed E-state index contributed by atoms with van der Waals surface area (Å²) in [6.07, 6.45) is 0.249. The number of hydrazone groups is 1. The van der Waals surface area contributed by atoms with Gasteiger partial charge in [-0.15, -0.1) is 0 Å². The van der Waals surface area contributed by atoms with Crippen LogP contribution in [0.4, 0.5) is 5.69 Å². The molecule has 0 aliphatic heterocycles. The van der Waals surface area contributed by atoms with Crippen molar-refractivity contribution in [3.63, 3.8) is 0 Å². The van der Waals surface area contributed by atoms with E-state index in [0.717, 1.165) is 11.1 Å². The Morgan fingerprint density at radius 2 is 2.14 bits per heavy atom. The monoisotopic (exact) mass is 286 g/mol. The van der Waals surface area contributed by atoms with E-state index in [-0.39, 0.29) is 24.8 Å². The second kappa shape index (κ2) is 7.44. The first-order chi connectivity index (χ1) is 9.86. The summed E-state index contributed by atoms with van der Waals surface area (Å²) in [6, 6.07) is 7.73. The summed E-state index contributed by atoms with van der Waals surface area (Å²) in [5.41, 5.74) is 9.15. The number of hydrogen-bond acceptors (Lipinski definition) is 4. The molecule has 21 heavy (non-hydrogen) atoms. The lowest BCUT2D eigenvalue weighted by Crippen LogP contribution is -2.31. The number of nitrogen functional groups attached to an aromatic ring is 1. The zero-order valence-corrected chi connectivity index (χ0v) is 13.1. The molecule has 1 aromatic carbocycles. The molecule has 0 fully saturated rings. The highest BCUT2D eigenvalue weighted by atomic mass is 16.2. The predicted octanol–water partition coefficient (Wildman–Crippen LogP) is 2.70. The maximum Gasteiger partial charge on any atom is 0.245 e. The molecular weight excluding hydrogens is 264 g/mol. The molecule has 0 bridgehead atoms. The minimum atomic E-state index is -0.171. The highest BCUT2D eigenvalue weighted by Gasteiger charge is 2.17. The number of rotatable bonds is 5. The Morgan fingerprint density at radius 3 is 2.71 bits per heavy atom. The Balaban J connectivity index is 3.11. The van der Waals surface area contributed by atoms with E-state index >= 15 is 0 Å². The molecule has 0 saturated heterocycles. The molecule has 1 aromatic rings. The molecule has 0 aromatic heterocycles. The molecule has 2 N–H and O–H groups in total. The van der Waals surface area contributed by atoms with Gasteiger partial charge in [0, 0.05) is 17.2 Å². The first-order valence-corrected chi connectivity index (χ1v) is 6.96. The van der Waals surface area contributed by atoms with Crippen LogP contribution in [0.1, 0.15) is 38.3 Å². The van der Waals surface area contributed by atoms with E-state index in [0.29, 0.717) is 11.4 Å². The van der Waals surface area contributed by atoms with Gasteiger partial charge in [-0.25, -0.2) is 5.01 Å². The highest BCUT2D eigenvalue weighted by molar-refractivity contribution is 6.03. The molecule has 112 valence electrons. The lowest BCUT2D eigenvalue weighted by atomic mass is 10.1. The molecule has 0 heterocycles. The van der Waals surface area contributed by atoms with E-state index in [2.05, 4.69) is 5.10 Å². The number of nitriles is 1. The van der Waals surface area contributed by atoms with Gasteiger partial charge in [-0.05, 0) is 26.0 Å². The quantitative estimate of drug-likeness (QED) is 0.513. The molecule has 0 atom stereocenters. The summed E-state index contributed by atoms with van der Waals surface area (Å²) in [5.74, 6) is -0.272. The van der Waals surface area contributed by atoms with E-state index in [1.807, 2.05) is 52.0 Å². The Hall–Kier alpha value is -2.35. The summed E-state index contributed by atoms with van der Waals surface area (Å²) >= 11 is 0. The van der Waals surface area contributed by atoms with Crippen molar-refractivity contribution in [1.82, 2.24) is 5.01 Å². The van der Waals surface area contributed by atoms with Crippen LogP contribution in [0, 0.1) is 24.2 Å². The molecule has 0 unspecified atom stereocenters. The molecule has 5 heteroatoms. The van der Waals surface area contributed by atoms with Crippen molar-refractivity contribution in [1.29, 1.82) is 5.26 Å². The SMILES string of the molecule is C/C(=N\N(CCC#N)C(=O)C(C)C)c1cc(C)ccc1N. The number of carbonyl (C=O) groups excluding carboxylic acids is 1. The third-order valence-electron chi connectivity index (χ3n) is 3.05. The van der Waals surface area contributed by atoms with Crippen LogP contribution < -0.4 is 5.73 Å². The van der Waals surface area contributed by atoms with Crippen molar-refractivity contribution in [3.8, 4) is 6.07 Å². The minimum Gasteiger partial charge on any atom is -0.398 e. The Bertz CT molecular complexity index is 584. The predicted molar refractivity (Wildman–Crippen MR) is 84.6 cm³/mol. The van der Waals surface area contributed by atoms with Crippen LogP contribution in [0.2, 0.25) is 0 Å². The molecule has 0 radical (unpaired) electrons. The van der Waals surface area contributed by atoms with E-state index in [1.54, 1.807) is 0 Å². The van der Waals surface area contributed by atoms with E-state index < -0.39 is 0 Å². The average molecular weight is 286 g/mol. The van der Waals surface area contributed by atoms with Gasteiger partial charge in [0.05, 0.1) is 24.7 Å². The largest absolute Gasteiger partial charge is 0.398 e. The molecule has 0 saturated carbocycles. The summed E-state index contributed by atoms with van der Waals surface area (Å²) < 4.78 is 0. The fourth-order valence-electron chi connectivity index (χ4n) is 1.88. The van der Waals surface area contributed by atoms with E-state index in [1.165, 1.54) is 5.01 Å². The van der Waals surface area contributed by atoms with Crippen molar-refractivity contribution >= 4 is 17.3 Å². The molecule has 0 aliphatic rings. The van der Waals surface area contributed by atoms with Gasteiger partial charge in [0.2, 0.25) is 5.91 Å². The topological polar surface area (TPSA) is 82.5 Å². The Morgan fingerprint density at radius 1 is 1.48 bits per heavy atom. The molecule has 1 amide bonds. The van der Waals surface area contributed by atoms with Crippen molar-refractivity contribution in [2.75, 3.05) is 12.3 Å². The average Bonchev–Trinajstić information content (AvgIpc) is 2.44. The highest BCUT2D eigenvalue weighted by Crippen LogP contribution is 2.16. The first kappa shape index (κ1) is 16.7. The lowest BCUT2D eigenvalue weighted by molar-refractivity contribution is -0.134. The zero-order chi connectivity index (χ0) is 16.0. The van der Waals surface area contributed by atoms with Gasteiger partial charge >= 0.3 is 0 Å². The van der Waals surface area contributed by atoms with Gasteiger partial charge in [0.1, 0.15) is 0 Å². The number of anilines is 1. The van der Waals surface area contributed by atoms with Gasteiger partial charge in [-0.1, -0.05) is 25.5 Å². The van der Waals surface area contributed by atoms with Gasteiger partial charge in [0.15, 0.2) is 0 Å². The third-order valence-corrected chi connectivity index (χ3v) is 3.05. The number of hydrogen-bond donors (Lipinski definition) is 1. The third kappa shape index (κ3) is 4.60. The minimum absolute atomic E-state index is 0.101. The zero-order valence-electron chi connectivity index (χ0n) is 13.1. The maximum atomic E-state index is 12.1. The van der Waals surface area contributed by atoms with Gasteiger partial charge in [0.25, 0.3) is 0 Å². The van der Waals surface area contributed by atoms with Crippen molar-refractivity contribution in [2.24, 2.45) is 11.0 Å². The number of carbonyl (C=O) groups is 1. The van der Waals surface area contributed by atoms with Gasteiger partial charge in [-0.3, -0.25) is 4.79 Å². The number of nitrogens with two attached hydrogens (primary N) is 1. The van der Waals surface area contributed by atoms with Crippen molar-refractivity contribution in [3.05, 3.63) is 29.3 Å². The fourth-order valence-corrected chi connectivity index (χ4v) is 1.88. The van der Waals surface area contributed by atoms with Crippen LogP contribution in [-0.4, -0.2) is 23.2 Å². The van der Waals surface area contributed by atoms with Crippen LogP contribution in [-0.2, 0) is 4.79 Å². The van der Waals surface area contributed by atoms with Crippen LogP contribution in [0.3, 0.4) is 0 Å². The van der Waals surface area contributed by atoms with E-state index in [4.69, 9.17) is 11.0 Å². The smallest absolute Gasteiger partial charge is 0.245 e. The first-order valence-electron chi connectivity index (χ1n) is 6.96. The molecule has 1 rings (SSSR count). The molecule has 0 aliphatic carbocycles. The summed E-state index contributed by atoms with van der Waals surface area (Å²) in [5, 5.41) is 14.5. The normalized spacial score (nSPS) is 11.3. The van der Waals surface area contributed by atoms with Crippen LogP contribution in [0.5, 0.6) is 0 Å². The van der Waals surface area contributed by atoms with Gasteiger partial charge < -0.3 is 5.73 Å². The second-order valence-corrected chi connectivity index (χ2v) is 5.30. The Kier molecular flexibility index (Phi) is 5.92. The van der Waals surface area contributed by atoms with Crippen LogP contribution >= 0.6 is 0 Å². The number of benzene rings is 1. The van der Waals surface area contributed by atoms with Gasteiger partial charge in [-0.2, -0.15) is 10.4 Å². The standard InChI is InChI=1S/C16H22N4O/c1-11(2)16(21)20(9-5-8-17)19-13(4)14-10-12(3)6-7-15(14)18/h6-7,10-11H,5,9,18H2,1-4H3/b19-13+. The lowest BCUT2D eigenvalue weighted by Gasteiger charge is -2.19. The van der Waals surface area contributed by atoms with Crippen LogP contribution in [0.25, 0.3) is 0 Å². The van der Waals surface area contributed by atoms with Crippen LogP contribution in [0.15, 0.2) is 23.3 Å². The number of aryl methyl sites for hydroxylation is 1. The molecule has 0 spiro atoms. The fraction of sp³-hybridized carbons (Fsp3) is 0.438. The summed E-state index contributed by atoms with van der Waals surface area (Å²) in [4.78, 5) is 12.1. The maximum absolute atomic E-state index is 12.1. The van der Waals surface area contributed by atoms with Crippen molar-refractivity contribution < 1.29 is 4.79 Å². The molecule has 5 nitrogen and oxygen atoms in total. The van der Waals surface area contributed by atoms with E-state index in [9.17, 15) is 4.79 Å². The van der Waals surface area contributed by atoms with Crippen molar-refractivity contribution in [2.45, 2.75) is 34.1 Å². The second-order valence-electron chi connectivity index (χ2n) is 5.30. The number of amides is 1. The molecular formula is C16H22N4O. The Labute approximate surface area is 126 Å². The summed E-state index contributed by atoms with van der Waals surface area (Å²) in [7, 11) is 0.